The van der Waals surface area contributed by atoms with Crippen molar-refractivity contribution in [2.24, 2.45) is 5.92 Å². The van der Waals surface area contributed by atoms with Gasteiger partial charge in [-0.1, -0.05) is 86.6 Å². The first-order valence-electron chi connectivity index (χ1n) is 12.0. The van der Waals surface area contributed by atoms with Crippen molar-refractivity contribution in [1.82, 2.24) is 9.80 Å². The molecule has 3 aromatic rings. The molecule has 0 spiro atoms. The van der Waals surface area contributed by atoms with Gasteiger partial charge in [-0.2, -0.15) is 0 Å². The first kappa shape index (κ1) is 23.7. The molecule has 0 aliphatic carbocycles. The molecule has 3 aromatic carbocycles. The molecule has 4 rings (SSSR count). The average molecular weight is 456 g/mol. The molecule has 0 aromatic heterocycles. The first-order valence-corrected chi connectivity index (χ1v) is 12.0. The number of nitrogens with one attached hydrogen (secondary N) is 1. The molecule has 1 aliphatic rings. The Labute approximate surface area is 202 Å². The molecule has 1 saturated heterocycles. The third-order valence-electron chi connectivity index (χ3n) is 6.35. The summed E-state index contributed by atoms with van der Waals surface area (Å²) in [7, 11) is 0. The van der Waals surface area contributed by atoms with Gasteiger partial charge in [-0.25, -0.2) is 0 Å². The maximum atomic E-state index is 13.6. The van der Waals surface area contributed by atoms with E-state index in [0.29, 0.717) is 0 Å². The number of benzene rings is 3. The summed E-state index contributed by atoms with van der Waals surface area (Å²) < 4.78 is 0. The Morgan fingerprint density at radius 3 is 1.79 bits per heavy atom. The van der Waals surface area contributed by atoms with Crippen LogP contribution in [0.1, 0.15) is 36.5 Å². The largest absolute Gasteiger partial charge is 0.339 e. The van der Waals surface area contributed by atoms with Crippen molar-refractivity contribution in [3.8, 4) is 0 Å². The van der Waals surface area contributed by atoms with Gasteiger partial charge in [0.1, 0.15) is 0 Å². The van der Waals surface area contributed by atoms with Gasteiger partial charge in [0, 0.05) is 44.3 Å². The molecular formula is C29H33N3O2. The summed E-state index contributed by atoms with van der Waals surface area (Å²) in [6.07, 6.45) is 0. The zero-order valence-corrected chi connectivity index (χ0v) is 20.0. The summed E-state index contributed by atoms with van der Waals surface area (Å²) >= 11 is 0. The Balaban J connectivity index is 1.36. The maximum Gasteiger partial charge on any atom is 0.234 e. The van der Waals surface area contributed by atoms with Gasteiger partial charge in [-0.05, 0) is 28.8 Å². The average Bonchev–Trinajstić information content (AvgIpc) is 2.87. The van der Waals surface area contributed by atoms with Gasteiger partial charge in [-0.3, -0.25) is 14.5 Å². The second kappa shape index (κ2) is 11.1. The fourth-order valence-electron chi connectivity index (χ4n) is 4.32. The Bertz CT molecular complexity index is 1030. The highest BCUT2D eigenvalue weighted by Crippen LogP contribution is 2.27. The van der Waals surface area contributed by atoms with Crippen molar-refractivity contribution in [2.45, 2.75) is 26.3 Å². The number of anilines is 1. The molecule has 5 nitrogen and oxygen atoms in total. The second-order valence-corrected chi connectivity index (χ2v) is 9.20. The fraction of sp³-hybridized carbons (Fsp3) is 0.310. The molecule has 1 aliphatic heterocycles. The normalized spacial score (nSPS) is 14.4. The summed E-state index contributed by atoms with van der Waals surface area (Å²) in [6.45, 7) is 7.73. The third-order valence-corrected chi connectivity index (χ3v) is 6.35. The van der Waals surface area contributed by atoms with E-state index in [1.807, 2.05) is 91.5 Å². The summed E-state index contributed by atoms with van der Waals surface area (Å²) in [5, 5.41) is 2.93. The molecule has 0 atom stereocenters. The standard InChI is InChI=1S/C29H33N3O2/c1-22(2)28(33)30-26-15-13-23(14-16-26)21-31-17-19-32(20-18-31)29(34)27(24-9-5-3-6-10-24)25-11-7-4-8-12-25/h3-16,22,27H,17-21H2,1-2H3,(H,30,33). The lowest BCUT2D eigenvalue weighted by Crippen LogP contribution is -2.49. The lowest BCUT2D eigenvalue weighted by atomic mass is 9.90. The minimum Gasteiger partial charge on any atom is -0.339 e. The molecule has 2 amide bonds. The van der Waals surface area contributed by atoms with Crippen LogP contribution in [-0.4, -0.2) is 47.8 Å². The van der Waals surface area contributed by atoms with Gasteiger partial charge in [-0.15, -0.1) is 0 Å². The smallest absolute Gasteiger partial charge is 0.234 e. The number of nitrogens with zero attached hydrogens (tertiary/aromatic N) is 2. The summed E-state index contributed by atoms with van der Waals surface area (Å²) in [6, 6.07) is 28.2. The Kier molecular flexibility index (Phi) is 7.76. The van der Waals surface area contributed by atoms with Gasteiger partial charge < -0.3 is 10.2 Å². The van der Waals surface area contributed by atoms with Crippen LogP contribution in [0.4, 0.5) is 5.69 Å². The highest BCUT2D eigenvalue weighted by molar-refractivity contribution is 5.92. The molecule has 1 N–H and O–H groups in total. The van der Waals surface area contributed by atoms with Gasteiger partial charge in [0.05, 0.1) is 5.92 Å². The minimum atomic E-state index is -0.275. The van der Waals surface area contributed by atoms with E-state index in [2.05, 4.69) is 22.3 Å². The Morgan fingerprint density at radius 1 is 0.765 bits per heavy atom. The first-order chi connectivity index (χ1) is 16.5. The second-order valence-electron chi connectivity index (χ2n) is 9.20. The lowest BCUT2D eigenvalue weighted by Gasteiger charge is -2.36. The highest BCUT2D eigenvalue weighted by Gasteiger charge is 2.29. The SMILES string of the molecule is CC(C)C(=O)Nc1ccc(CN2CCN(C(=O)C(c3ccccc3)c3ccccc3)CC2)cc1. The number of amides is 2. The minimum absolute atomic E-state index is 0.0258. The molecule has 0 unspecified atom stereocenters. The van der Waals surface area contributed by atoms with Crippen LogP contribution < -0.4 is 5.32 Å². The monoisotopic (exact) mass is 455 g/mol. The molecule has 1 fully saturated rings. The van der Waals surface area contributed by atoms with E-state index < -0.39 is 0 Å². The molecule has 0 saturated carbocycles. The zero-order chi connectivity index (χ0) is 23.9. The maximum absolute atomic E-state index is 13.6. The van der Waals surface area contributed by atoms with Crippen LogP contribution in [0.3, 0.4) is 0 Å². The van der Waals surface area contributed by atoms with Gasteiger partial charge in [0.2, 0.25) is 11.8 Å². The van der Waals surface area contributed by atoms with Gasteiger partial charge in [0.15, 0.2) is 0 Å². The number of hydrogen-bond acceptors (Lipinski definition) is 3. The number of hydrogen-bond donors (Lipinski definition) is 1. The molecule has 1 heterocycles. The van der Waals surface area contributed by atoms with Crippen LogP contribution in [0.25, 0.3) is 0 Å². The Hall–Kier alpha value is -3.44. The van der Waals surface area contributed by atoms with Crippen molar-refractivity contribution >= 4 is 17.5 Å². The van der Waals surface area contributed by atoms with Crippen molar-refractivity contribution in [3.05, 3.63) is 102 Å². The molecule has 5 heteroatoms. The number of rotatable bonds is 7. The lowest BCUT2D eigenvalue weighted by molar-refractivity contribution is -0.133. The van der Waals surface area contributed by atoms with Crippen LogP contribution in [0.15, 0.2) is 84.9 Å². The topological polar surface area (TPSA) is 52.7 Å². The number of piperazine rings is 1. The molecule has 34 heavy (non-hydrogen) atoms. The Morgan fingerprint density at radius 2 is 1.29 bits per heavy atom. The highest BCUT2D eigenvalue weighted by atomic mass is 16.2. The molecule has 0 bridgehead atoms. The van der Waals surface area contributed by atoms with E-state index in [1.54, 1.807) is 0 Å². The summed E-state index contributed by atoms with van der Waals surface area (Å²) in [5.74, 6) is -0.121. The van der Waals surface area contributed by atoms with Crippen molar-refractivity contribution in [3.63, 3.8) is 0 Å². The van der Waals surface area contributed by atoms with Gasteiger partial charge in [0.25, 0.3) is 0 Å². The summed E-state index contributed by atoms with van der Waals surface area (Å²) in [4.78, 5) is 29.9. The summed E-state index contributed by atoms with van der Waals surface area (Å²) in [5.41, 5.74) is 4.09. The number of carbonyl (C=O) groups excluding carboxylic acids is 2. The van der Waals surface area contributed by atoms with Crippen LogP contribution >= 0.6 is 0 Å². The van der Waals surface area contributed by atoms with E-state index in [1.165, 1.54) is 5.56 Å². The van der Waals surface area contributed by atoms with Gasteiger partial charge >= 0.3 is 0 Å². The zero-order valence-electron chi connectivity index (χ0n) is 20.0. The van der Waals surface area contributed by atoms with Crippen molar-refractivity contribution < 1.29 is 9.59 Å². The van der Waals surface area contributed by atoms with Crippen LogP contribution in [0.2, 0.25) is 0 Å². The van der Waals surface area contributed by atoms with E-state index in [9.17, 15) is 9.59 Å². The molecule has 0 radical (unpaired) electrons. The third kappa shape index (κ3) is 5.91. The predicted octanol–water partition coefficient (Wildman–Crippen LogP) is 4.76. The van der Waals surface area contributed by atoms with E-state index in [-0.39, 0.29) is 23.7 Å². The van der Waals surface area contributed by atoms with E-state index in [4.69, 9.17) is 0 Å². The predicted molar refractivity (Wildman–Crippen MR) is 136 cm³/mol. The van der Waals surface area contributed by atoms with Crippen LogP contribution in [0.5, 0.6) is 0 Å². The van der Waals surface area contributed by atoms with E-state index in [0.717, 1.165) is 49.5 Å². The quantitative estimate of drug-likeness (QED) is 0.559. The molecular weight excluding hydrogens is 422 g/mol. The molecule has 176 valence electrons. The van der Waals surface area contributed by atoms with Crippen molar-refractivity contribution in [2.75, 3.05) is 31.5 Å². The van der Waals surface area contributed by atoms with Crippen LogP contribution in [0, 0.1) is 5.92 Å². The van der Waals surface area contributed by atoms with Crippen LogP contribution in [-0.2, 0) is 16.1 Å². The van der Waals surface area contributed by atoms with Crippen molar-refractivity contribution in [1.29, 1.82) is 0 Å². The van der Waals surface area contributed by atoms with E-state index >= 15 is 0 Å². The number of carbonyl (C=O) groups is 2. The fourth-order valence-corrected chi connectivity index (χ4v) is 4.32.